The number of alkyl halides is 3. The van der Waals surface area contributed by atoms with E-state index in [1.165, 1.54) is 0 Å². The van der Waals surface area contributed by atoms with Crippen molar-refractivity contribution in [2.24, 2.45) is 5.16 Å². The van der Waals surface area contributed by atoms with Gasteiger partial charge in [0.1, 0.15) is 5.75 Å². The average Bonchev–Trinajstić information content (AvgIpc) is 2.47. The summed E-state index contributed by atoms with van der Waals surface area (Å²) in [5.41, 5.74) is 0.305. The molecule has 4 nitrogen and oxygen atoms in total. The van der Waals surface area contributed by atoms with Crippen LogP contribution in [0.15, 0.2) is 47.8 Å². The first-order chi connectivity index (χ1) is 9.90. The van der Waals surface area contributed by atoms with Crippen LogP contribution in [0.3, 0.4) is 0 Å². The third-order valence-corrected chi connectivity index (χ3v) is 2.71. The van der Waals surface area contributed by atoms with Gasteiger partial charge in [0.25, 0.3) is 0 Å². The van der Waals surface area contributed by atoms with E-state index in [4.69, 9.17) is 9.94 Å². The Morgan fingerprint density at radius 3 is 2.29 bits per heavy atom. The zero-order chi connectivity index (χ0) is 15.5. The van der Waals surface area contributed by atoms with Gasteiger partial charge < -0.3 is 9.94 Å². The van der Waals surface area contributed by atoms with Crippen LogP contribution >= 0.6 is 0 Å². The minimum atomic E-state index is -4.42. The standard InChI is InChI=1S/C14H11F3N2O2/c1-9(19-20)10-2-5-12(6-3-10)21-13-7-4-11(8-18-13)14(15,16)17/h2-8,20H,1H3/b19-9+. The Balaban J connectivity index is 2.11. The van der Waals surface area contributed by atoms with Crippen LogP contribution in [-0.2, 0) is 6.18 Å². The van der Waals surface area contributed by atoms with Crippen molar-refractivity contribution in [1.29, 1.82) is 0 Å². The van der Waals surface area contributed by atoms with E-state index in [2.05, 4.69) is 10.1 Å². The van der Waals surface area contributed by atoms with Gasteiger partial charge in [0.2, 0.25) is 5.88 Å². The lowest BCUT2D eigenvalue weighted by Crippen LogP contribution is -2.05. The van der Waals surface area contributed by atoms with E-state index >= 15 is 0 Å². The number of oxime groups is 1. The monoisotopic (exact) mass is 296 g/mol. The van der Waals surface area contributed by atoms with Crippen molar-refractivity contribution in [1.82, 2.24) is 4.98 Å². The summed E-state index contributed by atoms with van der Waals surface area (Å²) in [6.45, 7) is 1.63. The number of hydrogen-bond donors (Lipinski definition) is 1. The molecule has 0 saturated carbocycles. The number of aromatic nitrogens is 1. The quantitative estimate of drug-likeness (QED) is 0.527. The van der Waals surface area contributed by atoms with Crippen molar-refractivity contribution in [3.05, 3.63) is 53.7 Å². The Bertz CT molecular complexity index is 635. The van der Waals surface area contributed by atoms with Crippen LogP contribution in [0.1, 0.15) is 18.1 Å². The number of nitrogens with zero attached hydrogens (tertiary/aromatic N) is 2. The number of pyridine rings is 1. The van der Waals surface area contributed by atoms with Gasteiger partial charge in [-0.3, -0.25) is 0 Å². The van der Waals surface area contributed by atoms with E-state index < -0.39 is 11.7 Å². The topological polar surface area (TPSA) is 54.7 Å². The van der Waals surface area contributed by atoms with E-state index in [9.17, 15) is 13.2 Å². The van der Waals surface area contributed by atoms with Gasteiger partial charge in [-0.1, -0.05) is 5.16 Å². The van der Waals surface area contributed by atoms with Crippen LogP contribution in [0, 0.1) is 0 Å². The lowest BCUT2D eigenvalue weighted by atomic mass is 10.1. The fraction of sp³-hybridized carbons (Fsp3) is 0.143. The molecule has 2 aromatic rings. The van der Waals surface area contributed by atoms with Gasteiger partial charge >= 0.3 is 6.18 Å². The molecule has 0 amide bonds. The number of hydrogen-bond acceptors (Lipinski definition) is 4. The van der Waals surface area contributed by atoms with E-state index in [1.807, 2.05) is 0 Å². The van der Waals surface area contributed by atoms with Crippen LogP contribution in [0.5, 0.6) is 11.6 Å². The highest BCUT2D eigenvalue weighted by molar-refractivity contribution is 5.98. The summed E-state index contributed by atoms with van der Waals surface area (Å²) in [5.74, 6) is 0.472. The lowest BCUT2D eigenvalue weighted by Gasteiger charge is -2.08. The third kappa shape index (κ3) is 3.71. The maximum Gasteiger partial charge on any atom is 0.417 e. The van der Waals surface area contributed by atoms with Crippen molar-refractivity contribution in [3.8, 4) is 11.6 Å². The van der Waals surface area contributed by atoms with Crippen molar-refractivity contribution in [2.75, 3.05) is 0 Å². The summed E-state index contributed by atoms with van der Waals surface area (Å²) >= 11 is 0. The molecule has 0 atom stereocenters. The van der Waals surface area contributed by atoms with Crippen LogP contribution in [0.25, 0.3) is 0 Å². The van der Waals surface area contributed by atoms with Crippen molar-refractivity contribution in [2.45, 2.75) is 13.1 Å². The minimum Gasteiger partial charge on any atom is -0.439 e. The van der Waals surface area contributed by atoms with Crippen LogP contribution in [0.2, 0.25) is 0 Å². The smallest absolute Gasteiger partial charge is 0.417 e. The molecule has 0 radical (unpaired) electrons. The molecule has 0 aliphatic heterocycles. The normalized spacial score (nSPS) is 12.3. The first-order valence-electron chi connectivity index (χ1n) is 5.90. The number of rotatable bonds is 3. The van der Waals surface area contributed by atoms with Crippen LogP contribution in [-0.4, -0.2) is 15.9 Å². The highest BCUT2D eigenvalue weighted by Gasteiger charge is 2.30. The molecule has 0 unspecified atom stereocenters. The maximum absolute atomic E-state index is 12.4. The SMILES string of the molecule is C/C(=N\O)c1ccc(Oc2ccc(C(F)(F)F)cn2)cc1. The summed E-state index contributed by atoms with van der Waals surface area (Å²) < 4.78 is 42.5. The summed E-state index contributed by atoms with van der Waals surface area (Å²) in [7, 11) is 0. The van der Waals surface area contributed by atoms with E-state index in [-0.39, 0.29) is 5.88 Å². The molecular formula is C14H11F3N2O2. The summed E-state index contributed by atoms with van der Waals surface area (Å²) in [6, 6.07) is 8.58. The Morgan fingerprint density at radius 1 is 1.14 bits per heavy atom. The highest BCUT2D eigenvalue weighted by atomic mass is 19.4. The Kier molecular flexibility index (Phi) is 4.11. The predicted molar refractivity (Wildman–Crippen MR) is 69.8 cm³/mol. The van der Waals surface area contributed by atoms with Gasteiger partial charge in [0.05, 0.1) is 11.3 Å². The second-order valence-electron chi connectivity index (χ2n) is 4.19. The maximum atomic E-state index is 12.4. The first-order valence-corrected chi connectivity index (χ1v) is 5.90. The molecule has 0 fully saturated rings. The van der Waals surface area contributed by atoms with Gasteiger partial charge in [0, 0.05) is 12.3 Å². The Hall–Kier alpha value is -2.57. The van der Waals surface area contributed by atoms with E-state index in [0.717, 1.165) is 12.1 Å². The van der Waals surface area contributed by atoms with Gasteiger partial charge in [-0.25, -0.2) is 4.98 Å². The molecule has 21 heavy (non-hydrogen) atoms. The average molecular weight is 296 g/mol. The zero-order valence-electron chi connectivity index (χ0n) is 10.9. The van der Waals surface area contributed by atoms with Crippen molar-refractivity contribution >= 4 is 5.71 Å². The summed E-state index contributed by atoms with van der Waals surface area (Å²) in [4.78, 5) is 3.61. The molecule has 0 aliphatic carbocycles. The second-order valence-corrected chi connectivity index (χ2v) is 4.19. The first kappa shape index (κ1) is 14.8. The fourth-order valence-electron chi connectivity index (χ4n) is 1.55. The summed E-state index contributed by atoms with van der Waals surface area (Å²) in [5, 5.41) is 11.7. The number of halogens is 3. The summed E-state index contributed by atoms with van der Waals surface area (Å²) in [6.07, 6.45) is -3.71. The van der Waals surface area contributed by atoms with Gasteiger partial charge in [-0.15, -0.1) is 0 Å². The molecule has 0 bridgehead atoms. The largest absolute Gasteiger partial charge is 0.439 e. The van der Waals surface area contributed by atoms with Crippen LogP contribution < -0.4 is 4.74 Å². The van der Waals surface area contributed by atoms with E-state index in [1.54, 1.807) is 31.2 Å². The number of benzene rings is 1. The second kappa shape index (κ2) is 5.82. The molecular weight excluding hydrogens is 285 g/mol. The van der Waals surface area contributed by atoms with Gasteiger partial charge in [-0.2, -0.15) is 13.2 Å². The minimum absolute atomic E-state index is 0.0586. The molecule has 1 aromatic heterocycles. The molecule has 0 aliphatic rings. The molecule has 0 saturated heterocycles. The van der Waals surface area contributed by atoms with Gasteiger partial charge in [-0.05, 0) is 42.8 Å². The van der Waals surface area contributed by atoms with E-state index in [0.29, 0.717) is 23.2 Å². The molecule has 1 N–H and O–H groups in total. The highest BCUT2D eigenvalue weighted by Crippen LogP contribution is 2.30. The molecule has 7 heteroatoms. The number of ether oxygens (including phenoxy) is 1. The Morgan fingerprint density at radius 2 is 1.81 bits per heavy atom. The predicted octanol–water partition coefficient (Wildman–Crippen LogP) is 4.09. The third-order valence-electron chi connectivity index (χ3n) is 2.71. The molecule has 1 heterocycles. The molecule has 110 valence electrons. The van der Waals surface area contributed by atoms with Gasteiger partial charge in [0.15, 0.2) is 0 Å². The van der Waals surface area contributed by atoms with Crippen molar-refractivity contribution in [3.63, 3.8) is 0 Å². The zero-order valence-corrected chi connectivity index (χ0v) is 10.9. The molecule has 2 rings (SSSR count). The lowest BCUT2D eigenvalue weighted by molar-refractivity contribution is -0.137. The fourth-order valence-corrected chi connectivity index (χ4v) is 1.55. The Labute approximate surface area is 118 Å². The molecule has 0 spiro atoms. The van der Waals surface area contributed by atoms with Crippen molar-refractivity contribution < 1.29 is 23.1 Å². The molecule has 1 aromatic carbocycles. The van der Waals surface area contributed by atoms with Crippen LogP contribution in [0.4, 0.5) is 13.2 Å².